The number of carboxylic acid groups (broad SMARTS) is 1. The second kappa shape index (κ2) is 7.99. The van der Waals surface area contributed by atoms with Gasteiger partial charge in [-0.1, -0.05) is 32.6 Å². The van der Waals surface area contributed by atoms with E-state index in [-0.39, 0.29) is 0 Å². The maximum atomic E-state index is 11.4. The molecule has 0 aromatic rings. The molecule has 6 heteroatoms. The van der Waals surface area contributed by atoms with Crippen molar-refractivity contribution >= 4 is 12.0 Å². The number of aliphatic hydroxyl groups excluding tert-OH is 1. The third-order valence-electron chi connectivity index (χ3n) is 3.76. The lowest BCUT2D eigenvalue weighted by atomic mass is 9.81. The number of carbonyl (C=O) groups is 2. The van der Waals surface area contributed by atoms with Crippen molar-refractivity contribution in [2.45, 2.75) is 45.1 Å². The average Bonchev–Trinajstić information content (AvgIpc) is 2.38. The molecule has 0 aliphatic heterocycles. The Kier molecular flexibility index (Phi) is 6.62. The van der Waals surface area contributed by atoms with E-state index >= 15 is 0 Å². The highest BCUT2D eigenvalue weighted by Gasteiger charge is 2.20. The molecule has 0 spiro atoms. The first-order valence-electron chi connectivity index (χ1n) is 6.91. The quantitative estimate of drug-likeness (QED) is 0.578. The van der Waals surface area contributed by atoms with Crippen molar-refractivity contribution < 1.29 is 19.8 Å². The summed E-state index contributed by atoms with van der Waals surface area (Å²) in [6.45, 7) is 2.20. The lowest BCUT2D eigenvalue weighted by Crippen LogP contribution is -2.48. The fourth-order valence-corrected chi connectivity index (χ4v) is 2.40. The van der Waals surface area contributed by atoms with Gasteiger partial charge in [0.2, 0.25) is 0 Å². The van der Waals surface area contributed by atoms with Gasteiger partial charge in [-0.15, -0.1) is 0 Å². The molecule has 6 nitrogen and oxygen atoms in total. The van der Waals surface area contributed by atoms with Gasteiger partial charge < -0.3 is 20.8 Å². The molecule has 4 N–H and O–H groups in total. The number of carboxylic acids is 1. The first kappa shape index (κ1) is 15.8. The molecule has 2 amide bonds. The van der Waals surface area contributed by atoms with Gasteiger partial charge in [0.25, 0.3) is 0 Å². The van der Waals surface area contributed by atoms with E-state index in [2.05, 4.69) is 17.6 Å². The predicted octanol–water partition coefficient (Wildman–Crippen LogP) is 0.947. The molecule has 0 aromatic carbocycles. The molecule has 1 atom stereocenters. The summed E-state index contributed by atoms with van der Waals surface area (Å²) in [7, 11) is 0. The molecule has 1 fully saturated rings. The maximum absolute atomic E-state index is 11.4. The number of aliphatic carboxylic acids is 1. The van der Waals surface area contributed by atoms with E-state index in [1.54, 1.807) is 0 Å². The number of urea groups is 1. The molecule has 0 aromatic heterocycles. The van der Waals surface area contributed by atoms with Gasteiger partial charge >= 0.3 is 12.0 Å². The highest BCUT2D eigenvalue weighted by Crippen LogP contribution is 2.29. The number of amides is 2. The van der Waals surface area contributed by atoms with Crippen molar-refractivity contribution in [3.8, 4) is 0 Å². The van der Waals surface area contributed by atoms with Crippen molar-refractivity contribution in [2.75, 3.05) is 13.2 Å². The number of aliphatic hydroxyl groups is 1. The first-order chi connectivity index (χ1) is 9.02. The monoisotopic (exact) mass is 272 g/mol. The van der Waals surface area contributed by atoms with Crippen molar-refractivity contribution in [2.24, 2.45) is 11.8 Å². The summed E-state index contributed by atoms with van der Waals surface area (Å²) < 4.78 is 0. The normalized spacial score (nSPS) is 24.5. The summed E-state index contributed by atoms with van der Waals surface area (Å²) in [4.78, 5) is 22.0. The van der Waals surface area contributed by atoms with Gasteiger partial charge in [0.1, 0.15) is 0 Å². The Balaban J connectivity index is 2.15. The van der Waals surface area contributed by atoms with Crippen LogP contribution in [0.15, 0.2) is 0 Å². The van der Waals surface area contributed by atoms with E-state index in [0.29, 0.717) is 12.5 Å². The molecule has 0 heterocycles. The number of hydrogen-bond acceptors (Lipinski definition) is 3. The van der Waals surface area contributed by atoms with Crippen LogP contribution in [0.1, 0.15) is 39.0 Å². The van der Waals surface area contributed by atoms with Crippen LogP contribution in [-0.2, 0) is 4.79 Å². The van der Waals surface area contributed by atoms with Gasteiger partial charge in [-0.3, -0.25) is 0 Å². The Bertz CT molecular complexity index is 301. The Morgan fingerprint density at radius 2 is 1.89 bits per heavy atom. The third-order valence-corrected chi connectivity index (χ3v) is 3.76. The predicted molar refractivity (Wildman–Crippen MR) is 70.8 cm³/mol. The molecular formula is C13H24N2O4. The minimum absolute atomic E-state index is 0.536. The molecular weight excluding hydrogens is 248 g/mol. The third kappa shape index (κ3) is 5.92. The largest absolute Gasteiger partial charge is 0.480 e. The van der Waals surface area contributed by atoms with Gasteiger partial charge in [-0.05, 0) is 18.3 Å². The number of hydrogen-bond donors (Lipinski definition) is 4. The maximum Gasteiger partial charge on any atom is 0.328 e. The standard InChI is InChI=1S/C13H24N2O4/c1-9-2-4-10(5-3-9)6-7-14-13(19)15-11(8-16)12(17)18/h9-11,16H,2-8H2,1H3,(H,17,18)(H2,14,15,19)/t9?,10?,11-/m0/s1. The van der Waals surface area contributed by atoms with Gasteiger partial charge in [-0.2, -0.15) is 0 Å². The van der Waals surface area contributed by atoms with Crippen molar-refractivity contribution in [3.05, 3.63) is 0 Å². The average molecular weight is 272 g/mol. The van der Waals surface area contributed by atoms with E-state index in [0.717, 1.165) is 12.3 Å². The Hall–Kier alpha value is -1.30. The number of nitrogens with one attached hydrogen (secondary N) is 2. The van der Waals surface area contributed by atoms with E-state index < -0.39 is 24.6 Å². The number of rotatable bonds is 6. The summed E-state index contributed by atoms with van der Waals surface area (Å²) in [6, 6.07) is -1.78. The molecule has 110 valence electrons. The zero-order valence-corrected chi connectivity index (χ0v) is 11.4. The van der Waals surface area contributed by atoms with Crippen LogP contribution < -0.4 is 10.6 Å². The van der Waals surface area contributed by atoms with Gasteiger partial charge in [0.15, 0.2) is 6.04 Å². The molecule has 1 saturated carbocycles. The highest BCUT2D eigenvalue weighted by atomic mass is 16.4. The zero-order chi connectivity index (χ0) is 14.3. The second-order valence-corrected chi connectivity index (χ2v) is 5.39. The lowest BCUT2D eigenvalue weighted by Gasteiger charge is -2.26. The van der Waals surface area contributed by atoms with Crippen LogP contribution in [0.3, 0.4) is 0 Å². The highest BCUT2D eigenvalue weighted by molar-refractivity contribution is 5.82. The minimum Gasteiger partial charge on any atom is -0.480 e. The van der Waals surface area contributed by atoms with Crippen molar-refractivity contribution in [3.63, 3.8) is 0 Å². The summed E-state index contributed by atoms with van der Waals surface area (Å²) in [5.74, 6) is 0.233. The smallest absolute Gasteiger partial charge is 0.328 e. The zero-order valence-electron chi connectivity index (χ0n) is 11.4. The van der Waals surface area contributed by atoms with Crippen LogP contribution in [0.4, 0.5) is 4.79 Å². The number of carbonyl (C=O) groups excluding carboxylic acids is 1. The topological polar surface area (TPSA) is 98.7 Å². The van der Waals surface area contributed by atoms with Crippen molar-refractivity contribution in [1.29, 1.82) is 0 Å². The van der Waals surface area contributed by atoms with E-state index in [1.165, 1.54) is 25.7 Å². The SMILES string of the molecule is CC1CCC(CCNC(=O)N[C@@H](CO)C(=O)O)CC1. The molecule has 1 rings (SSSR count). The lowest BCUT2D eigenvalue weighted by molar-refractivity contribution is -0.140. The molecule has 1 aliphatic rings. The Morgan fingerprint density at radius 1 is 1.26 bits per heavy atom. The van der Waals surface area contributed by atoms with Gasteiger partial charge in [0.05, 0.1) is 6.61 Å². The summed E-state index contributed by atoms with van der Waals surface area (Å²) in [5.41, 5.74) is 0. The fraction of sp³-hybridized carbons (Fsp3) is 0.846. The molecule has 0 unspecified atom stereocenters. The van der Waals surface area contributed by atoms with Crippen LogP contribution >= 0.6 is 0 Å². The van der Waals surface area contributed by atoms with Crippen LogP contribution in [0.5, 0.6) is 0 Å². The van der Waals surface area contributed by atoms with Crippen LogP contribution in [-0.4, -0.2) is 41.4 Å². The molecule has 0 bridgehead atoms. The Morgan fingerprint density at radius 3 is 2.42 bits per heavy atom. The molecule has 0 saturated heterocycles. The first-order valence-corrected chi connectivity index (χ1v) is 6.91. The summed E-state index contributed by atoms with van der Waals surface area (Å²) in [6.07, 6.45) is 5.85. The van der Waals surface area contributed by atoms with Crippen LogP contribution in [0.25, 0.3) is 0 Å². The van der Waals surface area contributed by atoms with Crippen LogP contribution in [0, 0.1) is 11.8 Å². The summed E-state index contributed by atoms with van der Waals surface area (Å²) >= 11 is 0. The summed E-state index contributed by atoms with van der Waals surface area (Å²) in [5, 5.41) is 22.3. The van der Waals surface area contributed by atoms with Crippen molar-refractivity contribution in [1.82, 2.24) is 10.6 Å². The van der Waals surface area contributed by atoms with E-state index in [1.807, 2.05) is 0 Å². The molecule has 1 aliphatic carbocycles. The van der Waals surface area contributed by atoms with E-state index in [4.69, 9.17) is 10.2 Å². The van der Waals surface area contributed by atoms with Crippen LogP contribution in [0.2, 0.25) is 0 Å². The molecule has 0 radical (unpaired) electrons. The van der Waals surface area contributed by atoms with Gasteiger partial charge in [-0.25, -0.2) is 9.59 Å². The Labute approximate surface area is 113 Å². The second-order valence-electron chi connectivity index (χ2n) is 5.39. The molecule has 19 heavy (non-hydrogen) atoms. The minimum atomic E-state index is -1.24. The van der Waals surface area contributed by atoms with Gasteiger partial charge in [0, 0.05) is 6.54 Å². The fourth-order valence-electron chi connectivity index (χ4n) is 2.40. The van der Waals surface area contributed by atoms with E-state index in [9.17, 15) is 9.59 Å².